The van der Waals surface area contributed by atoms with Crippen molar-refractivity contribution >= 4 is 38.9 Å². The van der Waals surface area contributed by atoms with Gasteiger partial charge in [-0.2, -0.15) is 0 Å². The molecule has 3 aliphatic carbocycles. The zero-order valence-corrected chi connectivity index (χ0v) is 42.6. The number of hydrogen-bond donors (Lipinski definition) is 0. The molecule has 3 aliphatic rings. The Morgan fingerprint density at radius 3 is 1.27 bits per heavy atom. The van der Waals surface area contributed by atoms with Gasteiger partial charge < -0.3 is 9.47 Å². The fourth-order valence-corrected chi connectivity index (χ4v) is 13.9. The molecule has 0 bridgehead atoms. The van der Waals surface area contributed by atoms with E-state index in [1.165, 1.54) is 111 Å². The fraction of sp³-hybridized carbons (Fsp3) is 0.0959. The van der Waals surface area contributed by atoms with Gasteiger partial charge in [0.1, 0.15) is 0 Å². The van der Waals surface area contributed by atoms with Crippen LogP contribution in [0.15, 0.2) is 255 Å². The van der Waals surface area contributed by atoms with Crippen LogP contribution in [0.2, 0.25) is 0 Å². The molecule has 0 aliphatic heterocycles. The molecule has 0 saturated heterocycles. The minimum Gasteiger partial charge on any atom is -0.310 e. The van der Waals surface area contributed by atoms with E-state index in [0.29, 0.717) is 0 Å². The van der Waals surface area contributed by atoms with E-state index in [4.69, 9.17) is 0 Å². The van der Waals surface area contributed by atoms with Crippen molar-refractivity contribution in [2.24, 2.45) is 0 Å². The smallest absolute Gasteiger partial charge is 0.0714 e. The highest BCUT2D eigenvalue weighted by molar-refractivity contribution is 6.10. The summed E-state index contributed by atoms with van der Waals surface area (Å²) in [4.78, 5) is 2.54. The average Bonchev–Trinajstić information content (AvgIpc) is 4.10. The lowest BCUT2D eigenvalue weighted by atomic mass is 9.67. The highest BCUT2D eigenvalue weighted by Crippen LogP contribution is 2.59. The molecule has 0 amide bonds. The summed E-state index contributed by atoms with van der Waals surface area (Å²) >= 11 is 0. The first-order chi connectivity index (χ1) is 36.7. The molecule has 11 aromatic carbocycles. The molecular weight excluding hydrogens is 905 g/mol. The quantitative estimate of drug-likeness (QED) is 0.155. The Hall–Kier alpha value is -8.98. The largest absolute Gasteiger partial charge is 0.310 e. The molecule has 0 saturated carbocycles. The van der Waals surface area contributed by atoms with E-state index >= 15 is 0 Å². The molecule has 1 aromatic heterocycles. The predicted octanol–water partition coefficient (Wildman–Crippen LogP) is 18.9. The van der Waals surface area contributed by atoms with Crippen LogP contribution in [0.5, 0.6) is 0 Å². The maximum Gasteiger partial charge on any atom is 0.0714 e. The van der Waals surface area contributed by atoms with Crippen LogP contribution in [0.4, 0.5) is 17.1 Å². The number of fused-ring (bicyclic) bond motifs is 12. The normalized spacial score (nSPS) is 14.7. The Labute approximate surface area is 439 Å². The van der Waals surface area contributed by atoms with Crippen molar-refractivity contribution in [1.29, 1.82) is 0 Å². The molecule has 75 heavy (non-hydrogen) atoms. The van der Waals surface area contributed by atoms with Crippen LogP contribution in [-0.4, -0.2) is 4.57 Å². The topological polar surface area (TPSA) is 8.17 Å². The second-order valence-corrected chi connectivity index (χ2v) is 22.0. The minimum absolute atomic E-state index is 0.161. The third-order valence-electron chi connectivity index (χ3n) is 17.5. The van der Waals surface area contributed by atoms with Crippen molar-refractivity contribution in [2.45, 2.75) is 43.9 Å². The molecule has 0 unspecified atom stereocenters. The molecule has 2 nitrogen and oxygen atoms in total. The molecular formula is C73H54N2. The first kappa shape index (κ1) is 43.6. The molecule has 15 rings (SSSR count). The van der Waals surface area contributed by atoms with Crippen LogP contribution in [-0.2, 0) is 16.2 Å². The number of hydrogen-bond acceptors (Lipinski definition) is 1. The lowest BCUT2D eigenvalue weighted by Gasteiger charge is -2.35. The summed E-state index contributed by atoms with van der Waals surface area (Å²) in [6, 6.07) is 96.0. The third-order valence-corrected chi connectivity index (χ3v) is 17.5. The van der Waals surface area contributed by atoms with Crippen LogP contribution < -0.4 is 4.90 Å². The van der Waals surface area contributed by atoms with Crippen molar-refractivity contribution in [3.8, 4) is 50.2 Å². The van der Waals surface area contributed by atoms with Gasteiger partial charge in [0.25, 0.3) is 0 Å². The van der Waals surface area contributed by atoms with Crippen LogP contribution in [0, 0.1) is 0 Å². The summed E-state index contributed by atoms with van der Waals surface area (Å²) in [5.41, 5.74) is 26.8. The average molecular weight is 959 g/mol. The first-order valence-electron chi connectivity index (χ1n) is 26.5. The van der Waals surface area contributed by atoms with E-state index in [1.54, 1.807) is 0 Å². The number of rotatable bonds is 7. The lowest BCUT2D eigenvalue weighted by Crippen LogP contribution is -2.29. The second kappa shape index (κ2) is 16.0. The zero-order chi connectivity index (χ0) is 50.2. The number of aromatic nitrogens is 1. The Balaban J connectivity index is 0.954. The summed E-state index contributed by atoms with van der Waals surface area (Å²) in [6.45, 7) is 9.54. The summed E-state index contributed by atoms with van der Waals surface area (Å²) in [5.74, 6) is 0. The molecule has 1 heterocycles. The lowest BCUT2D eigenvalue weighted by molar-refractivity contribution is 0.660. The van der Waals surface area contributed by atoms with Crippen LogP contribution >= 0.6 is 0 Å². The third kappa shape index (κ3) is 6.14. The Bertz CT molecular complexity index is 4140. The van der Waals surface area contributed by atoms with E-state index in [-0.39, 0.29) is 10.8 Å². The van der Waals surface area contributed by atoms with Gasteiger partial charge in [-0.3, -0.25) is 0 Å². The van der Waals surface area contributed by atoms with Crippen molar-refractivity contribution in [1.82, 2.24) is 4.57 Å². The van der Waals surface area contributed by atoms with E-state index in [9.17, 15) is 0 Å². The van der Waals surface area contributed by atoms with Gasteiger partial charge in [-0.05, 0) is 162 Å². The SMILES string of the molecule is CC1(C)c2ccccc2-c2ccc(N(c3ccc4c(c3)C(C)(C)c3ccccc3-4)c3ccc4c(c3)C(c3ccccc3)(c3ccccc3)c3cc(-c5ccc6c(c5)c5ccccc5n6-c5ccccc5)ccc3-4)cc21. The second-order valence-electron chi connectivity index (χ2n) is 22.0. The van der Waals surface area contributed by atoms with Gasteiger partial charge >= 0.3 is 0 Å². The number of anilines is 3. The van der Waals surface area contributed by atoms with Gasteiger partial charge in [-0.25, -0.2) is 0 Å². The Kier molecular flexibility index (Phi) is 9.30. The first-order valence-corrected chi connectivity index (χ1v) is 26.5. The van der Waals surface area contributed by atoms with Crippen LogP contribution in [0.25, 0.3) is 72.0 Å². The number of para-hydroxylation sites is 2. The monoisotopic (exact) mass is 958 g/mol. The maximum absolute atomic E-state index is 2.54. The van der Waals surface area contributed by atoms with E-state index < -0.39 is 5.41 Å². The van der Waals surface area contributed by atoms with Crippen molar-refractivity contribution < 1.29 is 0 Å². The summed E-state index contributed by atoms with van der Waals surface area (Å²) < 4.78 is 2.40. The minimum atomic E-state index is -0.637. The highest BCUT2D eigenvalue weighted by atomic mass is 15.1. The van der Waals surface area contributed by atoms with Gasteiger partial charge in [0.15, 0.2) is 0 Å². The molecule has 0 spiro atoms. The van der Waals surface area contributed by atoms with E-state index in [0.717, 1.165) is 22.7 Å². The zero-order valence-electron chi connectivity index (χ0n) is 42.6. The van der Waals surface area contributed by atoms with Gasteiger partial charge in [0.05, 0.1) is 16.4 Å². The predicted molar refractivity (Wildman–Crippen MR) is 313 cm³/mol. The molecule has 356 valence electrons. The fourth-order valence-electron chi connectivity index (χ4n) is 13.9. The maximum atomic E-state index is 2.54. The van der Waals surface area contributed by atoms with Gasteiger partial charge in [-0.1, -0.05) is 210 Å². The highest BCUT2D eigenvalue weighted by Gasteiger charge is 2.47. The van der Waals surface area contributed by atoms with Crippen LogP contribution in [0.3, 0.4) is 0 Å². The summed E-state index contributed by atoms with van der Waals surface area (Å²) in [5, 5.41) is 2.50. The molecule has 2 heteroatoms. The molecule has 0 fully saturated rings. The van der Waals surface area contributed by atoms with E-state index in [2.05, 4.69) is 292 Å². The standard InChI is InChI=1S/C73H54N2/c1-71(2)63-29-17-14-26-55(63)57-38-34-52(44-65(57)71)74(53-35-39-58-56-27-15-18-30-64(56)72(3,4)66(58)45-53)54-36-40-60-59-37-32-48(43-67(59)73(68(60)46-54,49-20-8-5-9-21-49)50-22-10-6-11-23-50)47-33-41-70-62(42-47)61-28-16-19-31-69(61)75(70)51-24-12-7-13-25-51/h5-46H,1-4H3. The van der Waals surface area contributed by atoms with Gasteiger partial charge in [-0.15, -0.1) is 0 Å². The molecule has 0 N–H and O–H groups in total. The number of nitrogens with zero attached hydrogens (tertiary/aromatic N) is 2. The Morgan fingerprint density at radius 1 is 0.293 bits per heavy atom. The van der Waals surface area contributed by atoms with E-state index in [1.807, 2.05) is 0 Å². The van der Waals surface area contributed by atoms with Crippen LogP contribution in [0.1, 0.15) is 72.2 Å². The Morgan fingerprint density at radius 2 is 0.693 bits per heavy atom. The van der Waals surface area contributed by atoms with Gasteiger partial charge in [0.2, 0.25) is 0 Å². The number of benzene rings is 11. The molecule has 12 aromatic rings. The summed E-state index contributed by atoms with van der Waals surface area (Å²) in [7, 11) is 0. The molecule has 0 atom stereocenters. The van der Waals surface area contributed by atoms with Crippen molar-refractivity contribution in [3.63, 3.8) is 0 Å². The summed E-state index contributed by atoms with van der Waals surface area (Å²) in [6.07, 6.45) is 0. The van der Waals surface area contributed by atoms with Gasteiger partial charge in [0, 0.05) is 44.4 Å². The van der Waals surface area contributed by atoms with Crippen molar-refractivity contribution in [3.05, 3.63) is 299 Å². The molecule has 0 radical (unpaired) electrons. The van der Waals surface area contributed by atoms with Crippen molar-refractivity contribution in [2.75, 3.05) is 4.90 Å².